The summed E-state index contributed by atoms with van der Waals surface area (Å²) < 4.78 is 15.6. The number of anilines is 3. The van der Waals surface area contributed by atoms with Gasteiger partial charge < -0.3 is 15.5 Å². The number of nitrogens with zero attached hydrogens (tertiary/aromatic N) is 3. The summed E-state index contributed by atoms with van der Waals surface area (Å²) in [5.74, 6) is -0.356. The number of hydrogen-bond acceptors (Lipinski definition) is 3. The van der Waals surface area contributed by atoms with Gasteiger partial charge in [-0.25, -0.2) is 9.18 Å². The molecular weight excluding hydrogens is 413 g/mol. The normalized spacial score (nSPS) is 10.6. The molecule has 1 heterocycles. The van der Waals surface area contributed by atoms with Crippen LogP contribution in [-0.4, -0.2) is 29.9 Å². The number of aromatic nitrogens is 2. The Bertz CT molecular complexity index is 949. The van der Waals surface area contributed by atoms with Gasteiger partial charge >= 0.3 is 6.03 Å². The molecule has 0 fully saturated rings. The predicted molar refractivity (Wildman–Crippen MR) is 110 cm³/mol. The van der Waals surface area contributed by atoms with Gasteiger partial charge in [-0.1, -0.05) is 0 Å². The fourth-order valence-electron chi connectivity index (χ4n) is 2.64. The highest BCUT2D eigenvalue weighted by Crippen LogP contribution is 2.32. The highest BCUT2D eigenvalue weighted by Gasteiger charge is 2.13. The molecule has 0 radical (unpaired) electrons. The van der Waals surface area contributed by atoms with Gasteiger partial charge in [0.25, 0.3) is 0 Å². The quantitative estimate of drug-likeness (QED) is 0.629. The van der Waals surface area contributed by atoms with Crippen LogP contribution in [-0.2, 0) is 7.05 Å². The second kappa shape index (κ2) is 7.79. The SMILES string of the molecule is CN(C)c1cc(NC(=O)Nc2ccc(F)cc2)cc(-c2c(Br)cnn2C)c1. The summed E-state index contributed by atoms with van der Waals surface area (Å²) in [7, 11) is 5.72. The molecule has 0 saturated carbocycles. The molecule has 3 aromatic rings. The van der Waals surface area contributed by atoms with Gasteiger partial charge in [0.15, 0.2) is 0 Å². The van der Waals surface area contributed by atoms with Crippen molar-refractivity contribution < 1.29 is 9.18 Å². The lowest BCUT2D eigenvalue weighted by molar-refractivity contribution is 0.262. The molecule has 2 amide bonds. The van der Waals surface area contributed by atoms with E-state index in [1.807, 2.05) is 44.2 Å². The molecule has 1 aromatic heterocycles. The third-order valence-corrected chi connectivity index (χ3v) is 4.54. The third-order valence-electron chi connectivity index (χ3n) is 3.96. The van der Waals surface area contributed by atoms with Crippen LogP contribution < -0.4 is 15.5 Å². The number of nitrogens with one attached hydrogen (secondary N) is 2. The van der Waals surface area contributed by atoms with E-state index in [4.69, 9.17) is 0 Å². The Morgan fingerprint density at radius 1 is 1.11 bits per heavy atom. The van der Waals surface area contributed by atoms with Crippen molar-refractivity contribution >= 4 is 39.0 Å². The Kier molecular flexibility index (Phi) is 5.46. The number of carbonyl (C=O) groups is 1. The number of aryl methyl sites for hydroxylation is 1. The molecule has 0 atom stereocenters. The topological polar surface area (TPSA) is 62.2 Å². The molecule has 27 heavy (non-hydrogen) atoms. The van der Waals surface area contributed by atoms with Crippen LogP contribution in [0.4, 0.5) is 26.2 Å². The van der Waals surface area contributed by atoms with Crippen LogP contribution in [0.3, 0.4) is 0 Å². The van der Waals surface area contributed by atoms with Gasteiger partial charge in [-0.05, 0) is 58.4 Å². The Balaban J connectivity index is 1.88. The number of amides is 2. The number of urea groups is 1. The standard InChI is InChI=1S/C19H19BrFN5O/c1-25(2)16-9-12(18-17(20)11-22-26(18)3)8-15(10-16)24-19(27)23-14-6-4-13(21)5-7-14/h4-11H,1-3H3,(H2,23,24,27). The largest absolute Gasteiger partial charge is 0.378 e. The molecule has 0 aliphatic carbocycles. The fraction of sp³-hybridized carbons (Fsp3) is 0.158. The summed E-state index contributed by atoms with van der Waals surface area (Å²) >= 11 is 3.51. The number of halogens is 2. The average molecular weight is 432 g/mol. The molecule has 2 aromatic carbocycles. The van der Waals surface area contributed by atoms with E-state index in [1.54, 1.807) is 10.9 Å². The summed E-state index contributed by atoms with van der Waals surface area (Å²) in [6.45, 7) is 0. The van der Waals surface area contributed by atoms with Crippen molar-refractivity contribution in [3.8, 4) is 11.3 Å². The van der Waals surface area contributed by atoms with E-state index in [1.165, 1.54) is 24.3 Å². The molecule has 0 spiro atoms. The minimum atomic E-state index is -0.410. The Hall–Kier alpha value is -2.87. The van der Waals surface area contributed by atoms with E-state index >= 15 is 0 Å². The van der Waals surface area contributed by atoms with Crippen molar-refractivity contribution in [2.75, 3.05) is 29.6 Å². The highest BCUT2D eigenvalue weighted by atomic mass is 79.9. The van der Waals surface area contributed by atoms with E-state index in [0.29, 0.717) is 11.4 Å². The lowest BCUT2D eigenvalue weighted by atomic mass is 10.1. The van der Waals surface area contributed by atoms with Gasteiger partial charge in [-0.2, -0.15) is 5.10 Å². The van der Waals surface area contributed by atoms with Gasteiger partial charge in [0.2, 0.25) is 0 Å². The second-order valence-electron chi connectivity index (χ2n) is 6.21. The molecule has 0 unspecified atom stereocenters. The number of rotatable bonds is 4. The summed E-state index contributed by atoms with van der Waals surface area (Å²) in [6.07, 6.45) is 1.73. The third kappa shape index (κ3) is 4.46. The van der Waals surface area contributed by atoms with Crippen molar-refractivity contribution in [1.29, 1.82) is 0 Å². The average Bonchev–Trinajstić information content (AvgIpc) is 2.95. The van der Waals surface area contributed by atoms with E-state index in [0.717, 1.165) is 21.4 Å². The van der Waals surface area contributed by atoms with Gasteiger partial charge in [0.05, 0.1) is 16.4 Å². The van der Waals surface area contributed by atoms with Crippen molar-refractivity contribution in [1.82, 2.24) is 9.78 Å². The first-order valence-electron chi connectivity index (χ1n) is 8.17. The summed E-state index contributed by atoms with van der Waals surface area (Å²) in [5, 5.41) is 9.76. The molecule has 0 saturated heterocycles. The Labute approximate surface area is 165 Å². The van der Waals surface area contributed by atoms with E-state index in [9.17, 15) is 9.18 Å². The zero-order valence-corrected chi connectivity index (χ0v) is 16.7. The first-order valence-corrected chi connectivity index (χ1v) is 8.96. The van der Waals surface area contributed by atoms with Crippen molar-refractivity contribution in [2.45, 2.75) is 0 Å². The molecule has 0 aliphatic rings. The zero-order valence-electron chi connectivity index (χ0n) is 15.1. The van der Waals surface area contributed by atoms with Crippen LogP contribution >= 0.6 is 15.9 Å². The van der Waals surface area contributed by atoms with Gasteiger partial charge in [0, 0.05) is 43.8 Å². The molecule has 6 nitrogen and oxygen atoms in total. The number of hydrogen-bond donors (Lipinski definition) is 2. The van der Waals surface area contributed by atoms with Gasteiger partial charge in [-0.15, -0.1) is 0 Å². The minimum absolute atomic E-state index is 0.356. The van der Waals surface area contributed by atoms with Crippen molar-refractivity contribution in [3.63, 3.8) is 0 Å². The van der Waals surface area contributed by atoms with Gasteiger partial charge in [0.1, 0.15) is 5.82 Å². The maximum absolute atomic E-state index is 13.0. The maximum Gasteiger partial charge on any atom is 0.323 e. The highest BCUT2D eigenvalue weighted by molar-refractivity contribution is 9.10. The second-order valence-corrected chi connectivity index (χ2v) is 7.07. The Morgan fingerprint density at radius 2 is 1.78 bits per heavy atom. The van der Waals surface area contributed by atoms with Crippen LogP contribution in [0.5, 0.6) is 0 Å². The minimum Gasteiger partial charge on any atom is -0.378 e. The van der Waals surface area contributed by atoms with Crippen LogP contribution in [0.25, 0.3) is 11.3 Å². The molecule has 0 aliphatic heterocycles. The lowest BCUT2D eigenvalue weighted by Crippen LogP contribution is -2.20. The van der Waals surface area contributed by atoms with Crippen LogP contribution in [0.15, 0.2) is 53.1 Å². The lowest BCUT2D eigenvalue weighted by Gasteiger charge is -2.17. The van der Waals surface area contributed by atoms with Crippen LogP contribution in [0.2, 0.25) is 0 Å². The first-order chi connectivity index (χ1) is 12.8. The first kappa shape index (κ1) is 18.9. The molecule has 8 heteroatoms. The van der Waals surface area contributed by atoms with Crippen LogP contribution in [0.1, 0.15) is 0 Å². The molecule has 0 bridgehead atoms. The number of benzene rings is 2. The fourth-order valence-corrected chi connectivity index (χ4v) is 3.22. The van der Waals surface area contributed by atoms with Crippen molar-refractivity contribution in [3.05, 3.63) is 59.0 Å². The van der Waals surface area contributed by atoms with E-state index in [-0.39, 0.29) is 5.82 Å². The molecule has 2 N–H and O–H groups in total. The van der Waals surface area contributed by atoms with Gasteiger partial charge in [-0.3, -0.25) is 4.68 Å². The molecule has 140 valence electrons. The van der Waals surface area contributed by atoms with E-state index in [2.05, 4.69) is 31.7 Å². The smallest absolute Gasteiger partial charge is 0.323 e. The maximum atomic E-state index is 13.0. The number of carbonyl (C=O) groups excluding carboxylic acids is 1. The summed E-state index contributed by atoms with van der Waals surface area (Å²) in [5.41, 5.74) is 3.87. The molecule has 3 rings (SSSR count). The summed E-state index contributed by atoms with van der Waals surface area (Å²) in [4.78, 5) is 14.3. The summed E-state index contributed by atoms with van der Waals surface area (Å²) in [6, 6.07) is 10.9. The Morgan fingerprint density at radius 3 is 2.37 bits per heavy atom. The van der Waals surface area contributed by atoms with Crippen LogP contribution in [0, 0.1) is 5.82 Å². The van der Waals surface area contributed by atoms with Crippen molar-refractivity contribution in [2.24, 2.45) is 7.05 Å². The molecular formula is C19H19BrFN5O. The predicted octanol–water partition coefficient (Wildman–Crippen LogP) is 4.70. The van der Waals surface area contributed by atoms with E-state index < -0.39 is 6.03 Å². The monoisotopic (exact) mass is 431 g/mol. The zero-order chi connectivity index (χ0) is 19.6.